The van der Waals surface area contributed by atoms with Crippen LogP contribution in [0.1, 0.15) is 12.8 Å². The first kappa shape index (κ1) is 15.9. The Morgan fingerprint density at radius 2 is 1.72 bits per heavy atom. The molecule has 2 aliphatic rings. The molecule has 0 atom stereocenters. The molecule has 2 heterocycles. The number of benzene rings is 1. The minimum absolute atomic E-state index is 0.212. The van der Waals surface area contributed by atoms with E-state index in [1.54, 1.807) is 20.5 Å². The summed E-state index contributed by atoms with van der Waals surface area (Å²) < 4.78 is 10.8. The van der Waals surface area contributed by atoms with Crippen molar-refractivity contribution in [3.63, 3.8) is 0 Å². The molecule has 1 aliphatic heterocycles. The summed E-state index contributed by atoms with van der Waals surface area (Å²) in [5, 5.41) is 0.958. The standard InChI is InChI=1S/C18H21N5O2/c1-19-18(4-5-18)23-8-6-22(7-9-23)17-13-10-15(24-2)16(25-3)11-14(13)20-12-21-17/h10-12H,4-9H2,2-3H3. The quantitative estimate of drug-likeness (QED) is 0.796. The maximum atomic E-state index is 7.43. The van der Waals surface area contributed by atoms with Gasteiger partial charge in [0.15, 0.2) is 11.5 Å². The lowest BCUT2D eigenvalue weighted by Crippen LogP contribution is -2.50. The van der Waals surface area contributed by atoms with Crippen LogP contribution in [0.2, 0.25) is 0 Å². The third-order valence-corrected chi connectivity index (χ3v) is 5.19. The number of hydrogen-bond donors (Lipinski definition) is 0. The van der Waals surface area contributed by atoms with E-state index in [2.05, 4.69) is 24.6 Å². The second kappa shape index (κ2) is 6.05. The molecule has 1 saturated carbocycles. The number of nitrogens with zero attached hydrogens (tertiary/aromatic N) is 5. The van der Waals surface area contributed by atoms with E-state index in [0.29, 0.717) is 11.5 Å². The fraction of sp³-hybridized carbons (Fsp3) is 0.500. The monoisotopic (exact) mass is 339 g/mol. The van der Waals surface area contributed by atoms with Crippen molar-refractivity contribution < 1.29 is 9.47 Å². The highest BCUT2D eigenvalue weighted by molar-refractivity contribution is 5.92. The second-order valence-corrected chi connectivity index (χ2v) is 6.49. The summed E-state index contributed by atoms with van der Waals surface area (Å²) in [5.74, 6) is 2.25. The fourth-order valence-electron chi connectivity index (χ4n) is 3.57. The molecule has 130 valence electrons. The van der Waals surface area contributed by atoms with Gasteiger partial charge in [-0.05, 0) is 6.07 Å². The van der Waals surface area contributed by atoms with Crippen LogP contribution in [0.4, 0.5) is 5.82 Å². The lowest BCUT2D eigenvalue weighted by Gasteiger charge is -2.36. The Morgan fingerprint density at radius 1 is 1.04 bits per heavy atom. The van der Waals surface area contributed by atoms with E-state index < -0.39 is 0 Å². The maximum absolute atomic E-state index is 7.43. The zero-order valence-electron chi connectivity index (χ0n) is 14.5. The fourth-order valence-corrected chi connectivity index (χ4v) is 3.57. The molecule has 1 aliphatic carbocycles. The zero-order valence-corrected chi connectivity index (χ0v) is 14.5. The van der Waals surface area contributed by atoms with Gasteiger partial charge in [-0.2, -0.15) is 0 Å². The molecule has 4 rings (SSSR count). The van der Waals surface area contributed by atoms with E-state index in [4.69, 9.17) is 16.0 Å². The molecule has 1 aromatic heterocycles. The number of ether oxygens (including phenoxy) is 2. The molecule has 0 radical (unpaired) electrons. The molecular weight excluding hydrogens is 318 g/mol. The Morgan fingerprint density at radius 3 is 2.32 bits per heavy atom. The molecule has 7 nitrogen and oxygen atoms in total. The highest BCUT2D eigenvalue weighted by Gasteiger charge is 2.56. The molecule has 0 N–H and O–H groups in total. The normalized spacial score (nSPS) is 19.5. The van der Waals surface area contributed by atoms with Crippen LogP contribution in [0.5, 0.6) is 11.5 Å². The highest BCUT2D eigenvalue weighted by atomic mass is 16.5. The molecule has 0 unspecified atom stereocenters. The van der Waals surface area contributed by atoms with E-state index in [-0.39, 0.29) is 5.66 Å². The molecule has 0 bridgehead atoms. The van der Waals surface area contributed by atoms with Crippen LogP contribution in [0.15, 0.2) is 18.5 Å². The minimum atomic E-state index is -0.212. The third kappa shape index (κ3) is 2.63. The average Bonchev–Trinajstić information content (AvgIpc) is 3.48. The summed E-state index contributed by atoms with van der Waals surface area (Å²) >= 11 is 0. The first-order chi connectivity index (χ1) is 12.2. The van der Waals surface area contributed by atoms with Crippen molar-refractivity contribution in [3.05, 3.63) is 29.9 Å². The number of hydrogen-bond acceptors (Lipinski definition) is 6. The van der Waals surface area contributed by atoms with Gasteiger partial charge in [-0.15, -0.1) is 0 Å². The molecular formula is C18H21N5O2. The summed E-state index contributed by atoms with van der Waals surface area (Å²) in [7, 11) is 3.25. The highest BCUT2D eigenvalue weighted by Crippen LogP contribution is 2.44. The topological polar surface area (TPSA) is 55.1 Å². The van der Waals surface area contributed by atoms with Gasteiger partial charge in [0.05, 0.1) is 32.6 Å². The van der Waals surface area contributed by atoms with Crippen LogP contribution in [0.3, 0.4) is 0 Å². The number of aromatic nitrogens is 2. The summed E-state index contributed by atoms with van der Waals surface area (Å²) in [4.78, 5) is 17.3. The summed E-state index contributed by atoms with van der Waals surface area (Å²) in [6.07, 6.45) is 3.60. The lowest BCUT2D eigenvalue weighted by atomic mass is 10.2. The Bertz CT molecular complexity index is 835. The number of methoxy groups -OCH3 is 2. The van der Waals surface area contributed by atoms with Crippen LogP contribution < -0.4 is 14.4 Å². The third-order valence-electron chi connectivity index (χ3n) is 5.19. The van der Waals surface area contributed by atoms with Crippen molar-refractivity contribution >= 4 is 16.7 Å². The van der Waals surface area contributed by atoms with Gasteiger partial charge in [0.1, 0.15) is 12.1 Å². The Balaban J connectivity index is 1.63. The minimum Gasteiger partial charge on any atom is -0.493 e. The largest absolute Gasteiger partial charge is 0.493 e. The zero-order chi connectivity index (χ0) is 17.4. The molecule has 2 aromatic rings. The van der Waals surface area contributed by atoms with Gasteiger partial charge in [-0.3, -0.25) is 4.85 Å². The van der Waals surface area contributed by atoms with Gasteiger partial charge < -0.3 is 14.4 Å². The molecule has 1 saturated heterocycles. The number of rotatable bonds is 4. The van der Waals surface area contributed by atoms with Gasteiger partial charge in [-0.25, -0.2) is 21.4 Å². The predicted octanol–water partition coefficient (Wildman–Crippen LogP) is 2.18. The number of anilines is 1. The average molecular weight is 339 g/mol. The number of piperazine rings is 1. The first-order valence-corrected chi connectivity index (χ1v) is 8.46. The Kier molecular flexibility index (Phi) is 3.85. The van der Waals surface area contributed by atoms with Crippen molar-refractivity contribution in [1.29, 1.82) is 0 Å². The van der Waals surface area contributed by atoms with Crippen molar-refractivity contribution in [2.75, 3.05) is 45.3 Å². The van der Waals surface area contributed by atoms with Crippen LogP contribution >= 0.6 is 0 Å². The second-order valence-electron chi connectivity index (χ2n) is 6.49. The Hall–Kier alpha value is -2.59. The molecule has 0 spiro atoms. The molecule has 0 amide bonds. The SMILES string of the molecule is [C-]#[N+]C1(N2CCN(c3ncnc4cc(OC)c(OC)cc34)CC2)CC1. The smallest absolute Gasteiger partial charge is 0.289 e. The van der Waals surface area contributed by atoms with Crippen molar-refractivity contribution in [1.82, 2.24) is 14.9 Å². The van der Waals surface area contributed by atoms with E-state index >= 15 is 0 Å². The Labute approximate surface area is 147 Å². The van der Waals surface area contributed by atoms with Crippen molar-refractivity contribution in [2.24, 2.45) is 0 Å². The van der Waals surface area contributed by atoms with Gasteiger partial charge in [0.25, 0.3) is 5.66 Å². The molecule has 25 heavy (non-hydrogen) atoms. The summed E-state index contributed by atoms with van der Waals surface area (Å²) in [5.41, 5.74) is 0.626. The van der Waals surface area contributed by atoms with Gasteiger partial charge in [-0.1, -0.05) is 0 Å². The van der Waals surface area contributed by atoms with Crippen LogP contribution in [-0.2, 0) is 0 Å². The molecule has 2 fully saturated rings. The van der Waals surface area contributed by atoms with Gasteiger partial charge >= 0.3 is 0 Å². The van der Waals surface area contributed by atoms with Gasteiger partial charge in [0.2, 0.25) is 0 Å². The van der Waals surface area contributed by atoms with E-state index in [0.717, 1.165) is 55.7 Å². The predicted molar refractivity (Wildman–Crippen MR) is 95.0 cm³/mol. The lowest BCUT2D eigenvalue weighted by molar-refractivity contribution is 0.198. The van der Waals surface area contributed by atoms with Crippen molar-refractivity contribution in [3.8, 4) is 11.5 Å². The first-order valence-electron chi connectivity index (χ1n) is 8.46. The van der Waals surface area contributed by atoms with Crippen LogP contribution in [0.25, 0.3) is 15.7 Å². The van der Waals surface area contributed by atoms with Crippen LogP contribution in [0, 0.1) is 6.57 Å². The summed E-state index contributed by atoms with van der Waals surface area (Å²) in [6, 6.07) is 3.82. The van der Waals surface area contributed by atoms with Gasteiger partial charge in [0, 0.05) is 37.6 Å². The van der Waals surface area contributed by atoms with Crippen molar-refractivity contribution in [2.45, 2.75) is 18.5 Å². The summed E-state index contributed by atoms with van der Waals surface area (Å²) in [6.45, 7) is 10.9. The van der Waals surface area contributed by atoms with E-state index in [1.165, 1.54) is 0 Å². The van der Waals surface area contributed by atoms with E-state index in [1.807, 2.05) is 12.1 Å². The number of fused-ring (bicyclic) bond motifs is 1. The van der Waals surface area contributed by atoms with Crippen LogP contribution in [-0.4, -0.2) is 60.9 Å². The maximum Gasteiger partial charge on any atom is 0.289 e. The molecule has 7 heteroatoms. The molecule has 1 aromatic carbocycles. The van der Waals surface area contributed by atoms with E-state index in [9.17, 15) is 0 Å².